The van der Waals surface area contributed by atoms with E-state index in [2.05, 4.69) is 20.4 Å². The van der Waals surface area contributed by atoms with Crippen LogP contribution < -0.4 is 21.5 Å². The molecule has 0 aromatic carbocycles. The monoisotopic (exact) mass is 330 g/mol. The van der Waals surface area contributed by atoms with Crippen molar-refractivity contribution in [3.05, 3.63) is 50.9 Å². The summed E-state index contributed by atoms with van der Waals surface area (Å²) in [4.78, 5) is 26.0. The van der Waals surface area contributed by atoms with Crippen molar-refractivity contribution in [2.45, 2.75) is 25.4 Å². The maximum absolute atomic E-state index is 11.9. The van der Waals surface area contributed by atoms with Crippen LogP contribution in [-0.4, -0.2) is 38.5 Å². The minimum Gasteiger partial charge on any atom is -0.351 e. The highest BCUT2D eigenvalue weighted by molar-refractivity contribution is 5.39. The summed E-state index contributed by atoms with van der Waals surface area (Å²) in [6.45, 7) is 2.21. The molecule has 0 radical (unpaired) electrons. The van der Waals surface area contributed by atoms with E-state index >= 15 is 0 Å². The second-order valence-corrected chi connectivity index (χ2v) is 6.08. The maximum Gasteiger partial charge on any atom is 0.330 e. The third-order valence-corrected chi connectivity index (χ3v) is 4.54. The lowest BCUT2D eigenvalue weighted by atomic mass is 10.2. The molecule has 8 nitrogen and oxygen atoms in total. The van der Waals surface area contributed by atoms with E-state index in [0.717, 1.165) is 36.3 Å². The Labute approximate surface area is 139 Å². The molecule has 0 aliphatic carbocycles. The Hall–Kier alpha value is -2.48. The molecular formula is C16H22N6O2. The largest absolute Gasteiger partial charge is 0.351 e. The second-order valence-electron chi connectivity index (χ2n) is 6.08. The molecule has 128 valence electrons. The van der Waals surface area contributed by atoms with Crippen LogP contribution in [0.4, 0.5) is 5.82 Å². The van der Waals surface area contributed by atoms with Gasteiger partial charge in [0.15, 0.2) is 5.82 Å². The Morgan fingerprint density at radius 3 is 2.88 bits per heavy atom. The van der Waals surface area contributed by atoms with E-state index in [1.807, 2.05) is 12.1 Å². The zero-order valence-corrected chi connectivity index (χ0v) is 14.0. The summed E-state index contributed by atoms with van der Waals surface area (Å²) in [5.74, 6) is 0.891. The summed E-state index contributed by atoms with van der Waals surface area (Å²) in [7, 11) is 3.17. The first-order valence-electron chi connectivity index (χ1n) is 8.09. The van der Waals surface area contributed by atoms with Crippen LogP contribution in [0.5, 0.6) is 0 Å². The second kappa shape index (κ2) is 6.96. The van der Waals surface area contributed by atoms with Crippen molar-refractivity contribution in [1.29, 1.82) is 0 Å². The van der Waals surface area contributed by atoms with E-state index in [0.29, 0.717) is 18.3 Å². The van der Waals surface area contributed by atoms with Gasteiger partial charge >= 0.3 is 5.69 Å². The van der Waals surface area contributed by atoms with Crippen molar-refractivity contribution in [2.75, 3.05) is 18.0 Å². The minimum absolute atomic E-state index is 0.281. The van der Waals surface area contributed by atoms with Crippen LogP contribution in [0.2, 0.25) is 0 Å². The molecule has 1 fully saturated rings. The van der Waals surface area contributed by atoms with E-state index < -0.39 is 0 Å². The van der Waals surface area contributed by atoms with Gasteiger partial charge in [-0.25, -0.2) is 4.79 Å². The number of nitrogens with zero attached hydrogens (tertiary/aromatic N) is 5. The zero-order valence-electron chi connectivity index (χ0n) is 14.0. The van der Waals surface area contributed by atoms with Gasteiger partial charge in [-0.3, -0.25) is 13.9 Å². The van der Waals surface area contributed by atoms with Crippen LogP contribution in [-0.2, 0) is 20.6 Å². The fraction of sp³-hybridized carbons (Fsp3) is 0.500. The topological polar surface area (TPSA) is 85.1 Å². The van der Waals surface area contributed by atoms with Gasteiger partial charge in [0.2, 0.25) is 0 Å². The standard InChI is InChI=1S/C16H22N6O2/c1-20-13(9-15(23)21(2)16(20)24)11-17-10-12-5-4-8-22(12)14-6-3-7-18-19-14/h3,6-7,9,12,17H,4-5,8,10-11H2,1-2H3/t12-/m0/s1. The van der Waals surface area contributed by atoms with Gasteiger partial charge in [0.1, 0.15) is 0 Å². The quantitative estimate of drug-likeness (QED) is 0.805. The van der Waals surface area contributed by atoms with Crippen LogP contribution in [0, 0.1) is 0 Å². The number of aromatic nitrogens is 4. The van der Waals surface area contributed by atoms with Gasteiger partial charge in [0.25, 0.3) is 5.56 Å². The lowest BCUT2D eigenvalue weighted by molar-refractivity contribution is 0.546. The van der Waals surface area contributed by atoms with Crippen LogP contribution in [0.25, 0.3) is 0 Å². The van der Waals surface area contributed by atoms with Crippen LogP contribution in [0.15, 0.2) is 34.0 Å². The lowest BCUT2D eigenvalue weighted by Crippen LogP contribution is -2.41. The number of nitrogens with one attached hydrogen (secondary N) is 1. The van der Waals surface area contributed by atoms with Crippen molar-refractivity contribution < 1.29 is 0 Å². The molecule has 1 aliphatic rings. The van der Waals surface area contributed by atoms with Crippen molar-refractivity contribution in [3.8, 4) is 0 Å². The molecule has 0 bridgehead atoms. The predicted octanol–water partition coefficient (Wildman–Crippen LogP) is -0.367. The Morgan fingerprint density at radius 2 is 2.12 bits per heavy atom. The summed E-state index contributed by atoms with van der Waals surface area (Å²) < 4.78 is 2.61. The molecule has 1 aliphatic heterocycles. The molecule has 1 saturated heterocycles. The first-order valence-corrected chi connectivity index (χ1v) is 8.09. The Bertz CT molecular complexity index is 814. The number of rotatable bonds is 5. The summed E-state index contributed by atoms with van der Waals surface area (Å²) in [5, 5.41) is 11.5. The number of hydrogen-bond donors (Lipinski definition) is 1. The molecule has 24 heavy (non-hydrogen) atoms. The molecule has 0 spiro atoms. The lowest BCUT2D eigenvalue weighted by Gasteiger charge is -2.25. The van der Waals surface area contributed by atoms with Gasteiger partial charge in [-0.05, 0) is 25.0 Å². The Kier molecular flexibility index (Phi) is 4.75. The van der Waals surface area contributed by atoms with Crippen molar-refractivity contribution in [1.82, 2.24) is 24.6 Å². The summed E-state index contributed by atoms with van der Waals surface area (Å²) in [5.41, 5.74) is 0.102. The minimum atomic E-state index is -0.304. The highest BCUT2D eigenvalue weighted by Crippen LogP contribution is 2.22. The van der Waals surface area contributed by atoms with E-state index in [-0.39, 0.29) is 11.2 Å². The van der Waals surface area contributed by atoms with Gasteiger partial charge in [-0.1, -0.05) is 0 Å². The molecule has 0 unspecified atom stereocenters. The molecular weight excluding hydrogens is 308 g/mol. The van der Waals surface area contributed by atoms with Crippen molar-refractivity contribution in [3.63, 3.8) is 0 Å². The Morgan fingerprint density at radius 1 is 1.29 bits per heavy atom. The molecule has 3 heterocycles. The summed E-state index contributed by atoms with van der Waals surface area (Å²) in [6, 6.07) is 5.70. The fourth-order valence-corrected chi connectivity index (χ4v) is 3.11. The molecule has 1 N–H and O–H groups in total. The van der Waals surface area contributed by atoms with Gasteiger partial charge in [-0.15, -0.1) is 5.10 Å². The Balaban J connectivity index is 1.65. The van der Waals surface area contributed by atoms with Crippen molar-refractivity contribution in [2.24, 2.45) is 14.1 Å². The van der Waals surface area contributed by atoms with Crippen molar-refractivity contribution >= 4 is 5.82 Å². The van der Waals surface area contributed by atoms with Gasteiger partial charge in [0.05, 0.1) is 0 Å². The van der Waals surface area contributed by atoms with Gasteiger partial charge in [-0.2, -0.15) is 5.10 Å². The first-order chi connectivity index (χ1) is 11.6. The fourth-order valence-electron chi connectivity index (χ4n) is 3.11. The highest BCUT2D eigenvalue weighted by atomic mass is 16.2. The number of hydrogen-bond acceptors (Lipinski definition) is 6. The maximum atomic E-state index is 11.9. The summed E-state index contributed by atoms with van der Waals surface area (Å²) in [6.07, 6.45) is 3.87. The molecule has 0 amide bonds. The average Bonchev–Trinajstić information content (AvgIpc) is 3.07. The third kappa shape index (κ3) is 3.23. The molecule has 2 aromatic rings. The average molecular weight is 330 g/mol. The summed E-state index contributed by atoms with van der Waals surface area (Å²) >= 11 is 0. The van der Waals surface area contributed by atoms with Gasteiger partial charge in [0, 0.05) is 57.7 Å². The normalized spacial score (nSPS) is 17.4. The molecule has 8 heteroatoms. The molecule has 3 rings (SSSR count). The molecule has 0 saturated carbocycles. The highest BCUT2D eigenvalue weighted by Gasteiger charge is 2.25. The van der Waals surface area contributed by atoms with E-state index in [4.69, 9.17) is 0 Å². The first kappa shape index (κ1) is 16.4. The molecule has 2 aromatic heterocycles. The van der Waals surface area contributed by atoms with E-state index in [1.54, 1.807) is 13.2 Å². The number of anilines is 1. The van der Waals surface area contributed by atoms with E-state index in [1.165, 1.54) is 17.7 Å². The van der Waals surface area contributed by atoms with Gasteiger partial charge < -0.3 is 10.2 Å². The smallest absolute Gasteiger partial charge is 0.330 e. The van der Waals surface area contributed by atoms with Crippen LogP contribution in [0.3, 0.4) is 0 Å². The predicted molar refractivity (Wildman–Crippen MR) is 91.0 cm³/mol. The van der Waals surface area contributed by atoms with E-state index in [9.17, 15) is 9.59 Å². The van der Waals surface area contributed by atoms with Crippen LogP contribution in [0.1, 0.15) is 18.5 Å². The van der Waals surface area contributed by atoms with Crippen LogP contribution >= 0.6 is 0 Å². The third-order valence-electron chi connectivity index (χ3n) is 4.54. The zero-order chi connectivity index (χ0) is 17.1. The SMILES string of the molecule is Cn1c(CNC[C@@H]2CCCN2c2cccnn2)cc(=O)n(C)c1=O. The molecule has 1 atom stereocenters.